The molecule has 0 spiro atoms. The Balaban J connectivity index is 2.10. The van der Waals surface area contributed by atoms with Crippen LogP contribution in [0.2, 0.25) is 0 Å². The fraction of sp³-hybridized carbons (Fsp3) is 0.636. The Morgan fingerprint density at radius 1 is 1.69 bits per heavy atom. The van der Waals surface area contributed by atoms with Crippen molar-refractivity contribution in [3.8, 4) is 0 Å². The van der Waals surface area contributed by atoms with Gasteiger partial charge in [-0.05, 0) is 18.9 Å². The van der Waals surface area contributed by atoms with E-state index in [0.717, 1.165) is 18.8 Å². The second kappa shape index (κ2) is 4.25. The molecule has 5 heteroatoms. The molecule has 1 aliphatic heterocycles. The summed E-state index contributed by atoms with van der Waals surface area (Å²) in [6.07, 6.45) is 4.57. The van der Waals surface area contributed by atoms with Crippen LogP contribution in [-0.4, -0.2) is 38.1 Å². The summed E-state index contributed by atoms with van der Waals surface area (Å²) < 4.78 is 1.93. The summed E-state index contributed by atoms with van der Waals surface area (Å²) in [6.45, 7) is 3.45. The van der Waals surface area contributed by atoms with Gasteiger partial charge in [-0.3, -0.25) is 9.69 Å². The Morgan fingerprint density at radius 3 is 3.00 bits per heavy atom. The van der Waals surface area contributed by atoms with Crippen LogP contribution in [0.5, 0.6) is 0 Å². The summed E-state index contributed by atoms with van der Waals surface area (Å²) in [5.41, 5.74) is 0. The quantitative estimate of drug-likeness (QED) is 0.820. The number of carboxylic acids is 1. The normalized spacial score (nSPS) is 26.1. The number of likely N-dealkylation sites (tertiary alicyclic amines) is 1. The van der Waals surface area contributed by atoms with Crippen molar-refractivity contribution in [1.29, 1.82) is 0 Å². The van der Waals surface area contributed by atoms with Gasteiger partial charge in [-0.1, -0.05) is 6.92 Å². The predicted octanol–water partition coefficient (Wildman–Crippen LogP) is 0.715. The molecule has 2 heterocycles. The minimum atomic E-state index is -0.723. The second-order valence-corrected chi connectivity index (χ2v) is 4.47. The number of aliphatic carboxylic acids is 1. The molecular formula is C11H17N3O2. The lowest BCUT2D eigenvalue weighted by Gasteiger charge is -2.22. The van der Waals surface area contributed by atoms with Crippen LogP contribution in [0.1, 0.15) is 19.2 Å². The maximum atomic E-state index is 11.2. The first-order chi connectivity index (χ1) is 7.59. The molecule has 0 radical (unpaired) electrons. The molecule has 1 saturated heterocycles. The Morgan fingerprint density at radius 2 is 2.44 bits per heavy atom. The molecular weight excluding hydrogens is 206 g/mol. The smallest absolute Gasteiger partial charge is 0.321 e. The maximum Gasteiger partial charge on any atom is 0.321 e. The highest BCUT2D eigenvalue weighted by atomic mass is 16.4. The number of carbonyl (C=O) groups is 1. The number of carboxylic acid groups (broad SMARTS) is 1. The van der Waals surface area contributed by atoms with Gasteiger partial charge in [0.05, 0.1) is 6.54 Å². The molecule has 2 unspecified atom stereocenters. The number of aromatic nitrogens is 2. The van der Waals surface area contributed by atoms with Crippen LogP contribution in [0.4, 0.5) is 0 Å². The van der Waals surface area contributed by atoms with Crippen molar-refractivity contribution in [1.82, 2.24) is 14.5 Å². The van der Waals surface area contributed by atoms with Crippen molar-refractivity contribution in [2.75, 3.05) is 6.54 Å². The molecule has 1 aromatic rings. The Labute approximate surface area is 94.7 Å². The lowest BCUT2D eigenvalue weighted by molar-refractivity contribution is -0.143. The third-order valence-electron chi connectivity index (χ3n) is 3.32. The summed E-state index contributed by atoms with van der Waals surface area (Å²) >= 11 is 0. The fourth-order valence-corrected chi connectivity index (χ4v) is 2.33. The number of hydrogen-bond acceptors (Lipinski definition) is 3. The summed E-state index contributed by atoms with van der Waals surface area (Å²) in [5, 5.41) is 9.18. The average molecular weight is 223 g/mol. The van der Waals surface area contributed by atoms with Crippen LogP contribution >= 0.6 is 0 Å². The molecule has 1 N–H and O–H groups in total. The minimum Gasteiger partial charge on any atom is -0.480 e. The molecule has 2 atom stereocenters. The molecule has 0 bridgehead atoms. The van der Waals surface area contributed by atoms with Gasteiger partial charge in [0.25, 0.3) is 0 Å². The van der Waals surface area contributed by atoms with E-state index in [9.17, 15) is 9.90 Å². The van der Waals surface area contributed by atoms with E-state index in [1.165, 1.54) is 0 Å². The van der Waals surface area contributed by atoms with E-state index in [-0.39, 0.29) is 12.0 Å². The first-order valence-electron chi connectivity index (χ1n) is 5.52. The van der Waals surface area contributed by atoms with E-state index < -0.39 is 5.97 Å². The molecule has 0 amide bonds. The van der Waals surface area contributed by atoms with E-state index in [1.807, 2.05) is 29.6 Å². The molecule has 1 aromatic heterocycles. The summed E-state index contributed by atoms with van der Waals surface area (Å²) in [5.74, 6) is 0.414. The Bertz CT molecular complexity index is 388. The highest BCUT2D eigenvalue weighted by molar-refractivity contribution is 5.74. The standard InChI is InChI=1S/C11H17N3O2/c1-8-3-5-14(10(8)11(15)16)7-9-12-4-6-13(9)2/h4,6,8,10H,3,5,7H2,1-2H3,(H,15,16). The summed E-state index contributed by atoms with van der Waals surface area (Å²) in [7, 11) is 1.93. The van der Waals surface area contributed by atoms with Crippen LogP contribution in [0.25, 0.3) is 0 Å². The molecule has 88 valence electrons. The van der Waals surface area contributed by atoms with E-state index in [4.69, 9.17) is 0 Å². The lowest BCUT2D eigenvalue weighted by Crippen LogP contribution is -2.38. The van der Waals surface area contributed by atoms with Crippen LogP contribution < -0.4 is 0 Å². The topological polar surface area (TPSA) is 58.4 Å². The maximum absolute atomic E-state index is 11.2. The number of rotatable bonds is 3. The number of aryl methyl sites for hydroxylation is 1. The second-order valence-electron chi connectivity index (χ2n) is 4.47. The minimum absolute atomic E-state index is 0.220. The Kier molecular flexibility index (Phi) is 2.96. The van der Waals surface area contributed by atoms with Crippen molar-refractivity contribution in [3.05, 3.63) is 18.2 Å². The third-order valence-corrected chi connectivity index (χ3v) is 3.32. The molecule has 2 rings (SSSR count). The number of hydrogen-bond donors (Lipinski definition) is 1. The third kappa shape index (κ3) is 1.95. The van der Waals surface area contributed by atoms with Crippen LogP contribution in [0, 0.1) is 5.92 Å². The zero-order chi connectivity index (χ0) is 11.7. The zero-order valence-electron chi connectivity index (χ0n) is 9.63. The van der Waals surface area contributed by atoms with Gasteiger partial charge in [-0.25, -0.2) is 4.98 Å². The van der Waals surface area contributed by atoms with Crippen molar-refractivity contribution in [3.63, 3.8) is 0 Å². The molecule has 16 heavy (non-hydrogen) atoms. The van der Waals surface area contributed by atoms with Crippen LogP contribution in [0.15, 0.2) is 12.4 Å². The van der Waals surface area contributed by atoms with Gasteiger partial charge in [0.1, 0.15) is 11.9 Å². The van der Waals surface area contributed by atoms with Gasteiger partial charge in [0.2, 0.25) is 0 Å². The molecule has 0 aromatic carbocycles. The molecule has 5 nitrogen and oxygen atoms in total. The van der Waals surface area contributed by atoms with E-state index in [0.29, 0.717) is 6.54 Å². The lowest BCUT2D eigenvalue weighted by atomic mass is 10.0. The first kappa shape index (κ1) is 11.1. The SMILES string of the molecule is CC1CCN(Cc2nccn2C)C1C(=O)O. The molecule has 0 aliphatic carbocycles. The van der Waals surface area contributed by atoms with Gasteiger partial charge in [0.15, 0.2) is 0 Å². The average Bonchev–Trinajstić information content (AvgIpc) is 2.75. The van der Waals surface area contributed by atoms with Crippen LogP contribution in [0.3, 0.4) is 0 Å². The van der Waals surface area contributed by atoms with E-state index in [1.54, 1.807) is 6.20 Å². The van der Waals surface area contributed by atoms with Gasteiger partial charge in [-0.2, -0.15) is 0 Å². The van der Waals surface area contributed by atoms with E-state index >= 15 is 0 Å². The summed E-state index contributed by atoms with van der Waals surface area (Å²) in [6, 6.07) is -0.364. The highest BCUT2D eigenvalue weighted by Crippen LogP contribution is 2.25. The molecule has 1 aliphatic rings. The van der Waals surface area contributed by atoms with Gasteiger partial charge < -0.3 is 9.67 Å². The monoisotopic (exact) mass is 223 g/mol. The Hall–Kier alpha value is -1.36. The van der Waals surface area contributed by atoms with Crippen molar-refractivity contribution >= 4 is 5.97 Å². The van der Waals surface area contributed by atoms with Crippen LogP contribution in [-0.2, 0) is 18.4 Å². The number of imidazole rings is 1. The van der Waals surface area contributed by atoms with Crippen molar-refractivity contribution in [2.24, 2.45) is 13.0 Å². The highest BCUT2D eigenvalue weighted by Gasteiger charge is 2.36. The zero-order valence-corrected chi connectivity index (χ0v) is 9.63. The van der Waals surface area contributed by atoms with Crippen molar-refractivity contribution in [2.45, 2.75) is 25.9 Å². The first-order valence-corrected chi connectivity index (χ1v) is 5.52. The van der Waals surface area contributed by atoms with Gasteiger partial charge in [-0.15, -0.1) is 0 Å². The van der Waals surface area contributed by atoms with Gasteiger partial charge in [0, 0.05) is 19.4 Å². The number of nitrogens with zero attached hydrogens (tertiary/aromatic N) is 3. The predicted molar refractivity (Wildman–Crippen MR) is 58.8 cm³/mol. The molecule has 0 saturated carbocycles. The molecule has 1 fully saturated rings. The van der Waals surface area contributed by atoms with E-state index in [2.05, 4.69) is 4.98 Å². The summed E-state index contributed by atoms with van der Waals surface area (Å²) in [4.78, 5) is 17.4. The fourth-order valence-electron chi connectivity index (χ4n) is 2.33. The van der Waals surface area contributed by atoms with Gasteiger partial charge >= 0.3 is 5.97 Å². The largest absolute Gasteiger partial charge is 0.480 e. The van der Waals surface area contributed by atoms with Crippen molar-refractivity contribution < 1.29 is 9.90 Å².